The predicted octanol–water partition coefficient (Wildman–Crippen LogP) is 7.69. The van der Waals surface area contributed by atoms with E-state index in [1.165, 1.54) is 42.5 Å². The molecule has 0 spiro atoms. The van der Waals surface area contributed by atoms with Crippen LogP contribution in [0, 0.1) is 20.2 Å². The number of benzene rings is 3. The summed E-state index contributed by atoms with van der Waals surface area (Å²) in [4.78, 5) is 34.9. The molecule has 198 valence electrons. The van der Waals surface area contributed by atoms with E-state index in [4.69, 9.17) is 25.1 Å². The van der Waals surface area contributed by atoms with Crippen LogP contribution in [0.1, 0.15) is 25.8 Å². The molecule has 11 nitrogen and oxygen atoms in total. The zero-order valence-corrected chi connectivity index (χ0v) is 22.5. The largest absolute Gasteiger partial charge is 0.492 e. The highest BCUT2D eigenvalue weighted by atomic mass is 35.5. The number of nitrogens with zero attached hydrogens (tertiary/aromatic N) is 2. The summed E-state index contributed by atoms with van der Waals surface area (Å²) in [6, 6.07) is 10.3. The first-order chi connectivity index (χ1) is 18.0. The summed E-state index contributed by atoms with van der Waals surface area (Å²) in [7, 11) is 0. The fourth-order valence-electron chi connectivity index (χ4n) is 3.67. The summed E-state index contributed by atoms with van der Waals surface area (Å²) in [5, 5.41) is 22.9. The normalized spacial score (nSPS) is 12.8. The van der Waals surface area contributed by atoms with E-state index >= 15 is 0 Å². The summed E-state index contributed by atoms with van der Waals surface area (Å²) in [6.07, 6.45) is 0.927. The van der Waals surface area contributed by atoms with Gasteiger partial charge in [0, 0.05) is 28.5 Å². The maximum atomic E-state index is 13.8. The quantitative estimate of drug-likeness (QED) is 0.0791. The Morgan fingerprint density at radius 1 is 1.03 bits per heavy atom. The second kappa shape index (κ2) is 11.0. The smallest absolute Gasteiger partial charge is 0.452 e. The number of halogens is 1. The predicted molar refractivity (Wildman–Crippen MR) is 146 cm³/mol. The Balaban J connectivity index is 1.88. The van der Waals surface area contributed by atoms with Gasteiger partial charge in [-0.25, -0.2) is 4.57 Å². The molecule has 0 fully saturated rings. The lowest BCUT2D eigenvalue weighted by Crippen LogP contribution is -2.06. The van der Waals surface area contributed by atoms with Crippen molar-refractivity contribution in [3.63, 3.8) is 0 Å². The molecule has 1 atom stereocenters. The van der Waals surface area contributed by atoms with Crippen molar-refractivity contribution >= 4 is 63.1 Å². The standard InChI is InChI=1S/C24H20ClN2O9PS/c1-3-8-38-37(33,35-17-7-5-6-16(12-17)26(29)30)36-22-11-15(25)10-19-23(28)18-9-14(4-2)20(27(31)32)13-21(18)34-24(19)22/h5-7,9-13H,3-4,8H2,1-2H3. The van der Waals surface area contributed by atoms with Gasteiger partial charge in [0.05, 0.1) is 32.8 Å². The molecule has 0 aliphatic carbocycles. The van der Waals surface area contributed by atoms with Gasteiger partial charge in [0.25, 0.3) is 11.4 Å². The van der Waals surface area contributed by atoms with Crippen LogP contribution in [0.25, 0.3) is 21.9 Å². The molecule has 0 aliphatic rings. The average Bonchev–Trinajstić information content (AvgIpc) is 2.87. The number of rotatable bonds is 10. The fourth-order valence-corrected chi connectivity index (χ4v) is 7.21. The van der Waals surface area contributed by atoms with Crippen molar-refractivity contribution in [3.05, 3.63) is 89.6 Å². The van der Waals surface area contributed by atoms with Crippen molar-refractivity contribution in [3.8, 4) is 11.5 Å². The minimum Gasteiger partial charge on any atom is -0.452 e. The van der Waals surface area contributed by atoms with Crippen LogP contribution in [0.3, 0.4) is 0 Å². The summed E-state index contributed by atoms with van der Waals surface area (Å²) in [5.41, 5.74) is -0.822. The molecule has 38 heavy (non-hydrogen) atoms. The molecule has 4 aromatic rings. The molecular formula is C24H20ClN2O9PS. The van der Waals surface area contributed by atoms with E-state index in [-0.39, 0.29) is 49.8 Å². The minimum atomic E-state index is -4.10. The lowest BCUT2D eigenvalue weighted by Gasteiger charge is -2.19. The van der Waals surface area contributed by atoms with Gasteiger partial charge >= 0.3 is 6.80 Å². The molecule has 0 N–H and O–H groups in total. The number of nitro benzene ring substituents is 2. The molecule has 1 aromatic heterocycles. The Morgan fingerprint density at radius 3 is 2.45 bits per heavy atom. The van der Waals surface area contributed by atoms with E-state index < -0.39 is 22.1 Å². The topological polar surface area (TPSA) is 152 Å². The summed E-state index contributed by atoms with van der Waals surface area (Å²) >= 11 is 7.11. The van der Waals surface area contributed by atoms with E-state index in [2.05, 4.69) is 0 Å². The van der Waals surface area contributed by atoms with Gasteiger partial charge in [0.2, 0.25) is 5.43 Å². The monoisotopic (exact) mass is 578 g/mol. The molecule has 14 heteroatoms. The van der Waals surface area contributed by atoms with Crippen molar-refractivity contribution in [1.29, 1.82) is 0 Å². The molecule has 4 rings (SSSR count). The first kappa shape index (κ1) is 27.4. The number of non-ortho nitro benzene ring substituents is 1. The maximum absolute atomic E-state index is 13.8. The molecule has 0 radical (unpaired) electrons. The van der Waals surface area contributed by atoms with Crippen LogP contribution in [0.5, 0.6) is 11.5 Å². The van der Waals surface area contributed by atoms with Crippen LogP contribution in [-0.4, -0.2) is 15.6 Å². The Kier molecular flexibility index (Phi) is 7.96. The van der Waals surface area contributed by atoms with Crippen molar-refractivity contribution in [2.45, 2.75) is 26.7 Å². The molecular weight excluding hydrogens is 559 g/mol. The highest BCUT2D eigenvalue weighted by Crippen LogP contribution is 2.60. The van der Waals surface area contributed by atoms with Crippen LogP contribution in [0.4, 0.5) is 11.4 Å². The van der Waals surface area contributed by atoms with Crippen LogP contribution >= 0.6 is 29.8 Å². The van der Waals surface area contributed by atoms with Crippen LogP contribution in [0.15, 0.2) is 57.7 Å². The molecule has 0 amide bonds. The molecule has 1 unspecified atom stereocenters. The summed E-state index contributed by atoms with van der Waals surface area (Å²) in [5.74, 6) is 0.0991. The molecule has 0 bridgehead atoms. The SMILES string of the molecule is CCCSP(=O)(Oc1cccc([N+](=O)[O-])c1)Oc1cc(Cl)cc2c(=O)c3cc(CC)c([N+](=O)[O-])cc3oc12. The Bertz CT molecular complexity index is 1690. The highest BCUT2D eigenvalue weighted by molar-refractivity contribution is 8.55. The third-order valence-electron chi connectivity index (χ3n) is 5.39. The molecule has 0 aliphatic heterocycles. The van der Waals surface area contributed by atoms with Crippen molar-refractivity contribution in [2.75, 3.05) is 5.75 Å². The third kappa shape index (κ3) is 5.62. The van der Waals surface area contributed by atoms with Crippen molar-refractivity contribution in [1.82, 2.24) is 0 Å². The van der Waals surface area contributed by atoms with Crippen LogP contribution < -0.4 is 14.5 Å². The lowest BCUT2D eigenvalue weighted by atomic mass is 10.1. The first-order valence-electron chi connectivity index (χ1n) is 11.3. The highest BCUT2D eigenvalue weighted by Gasteiger charge is 2.32. The van der Waals surface area contributed by atoms with Gasteiger partial charge in [-0.1, -0.05) is 31.5 Å². The molecule has 0 saturated carbocycles. The van der Waals surface area contributed by atoms with Gasteiger partial charge in [-0.3, -0.25) is 25.0 Å². The molecule has 1 heterocycles. The van der Waals surface area contributed by atoms with E-state index in [1.807, 2.05) is 6.92 Å². The molecule has 0 saturated heterocycles. The Labute approximate surface area is 224 Å². The van der Waals surface area contributed by atoms with Crippen LogP contribution in [-0.2, 0) is 11.0 Å². The number of hydrogen-bond acceptors (Lipinski definition) is 10. The summed E-state index contributed by atoms with van der Waals surface area (Å²) < 4.78 is 31.1. The van der Waals surface area contributed by atoms with Crippen LogP contribution in [0.2, 0.25) is 5.02 Å². The summed E-state index contributed by atoms with van der Waals surface area (Å²) in [6.45, 7) is -0.524. The van der Waals surface area contributed by atoms with Gasteiger partial charge in [-0.05, 0) is 42.4 Å². The van der Waals surface area contributed by atoms with Gasteiger partial charge in [-0.2, -0.15) is 0 Å². The molecule has 3 aromatic carbocycles. The number of aryl methyl sites for hydroxylation is 1. The Morgan fingerprint density at radius 2 is 1.79 bits per heavy atom. The fraction of sp³-hybridized carbons (Fsp3) is 0.208. The van der Waals surface area contributed by atoms with Gasteiger partial charge in [0.15, 0.2) is 11.3 Å². The van der Waals surface area contributed by atoms with Gasteiger partial charge < -0.3 is 13.5 Å². The van der Waals surface area contributed by atoms with Gasteiger partial charge in [-0.15, -0.1) is 0 Å². The number of fused-ring (bicyclic) bond motifs is 2. The first-order valence-corrected chi connectivity index (χ1v) is 14.8. The van der Waals surface area contributed by atoms with E-state index in [1.54, 1.807) is 6.92 Å². The lowest BCUT2D eigenvalue weighted by molar-refractivity contribution is -0.385. The van der Waals surface area contributed by atoms with E-state index in [9.17, 15) is 29.6 Å². The second-order valence-electron chi connectivity index (χ2n) is 8.02. The number of nitro groups is 2. The second-order valence-corrected chi connectivity index (χ2v) is 12.5. The van der Waals surface area contributed by atoms with Crippen molar-refractivity contribution < 1.29 is 27.9 Å². The average molecular weight is 579 g/mol. The van der Waals surface area contributed by atoms with E-state index in [0.717, 1.165) is 17.4 Å². The Hall–Kier alpha value is -3.60. The van der Waals surface area contributed by atoms with Gasteiger partial charge in [0.1, 0.15) is 11.3 Å². The zero-order valence-electron chi connectivity index (χ0n) is 20.0. The zero-order chi connectivity index (χ0) is 27.6. The van der Waals surface area contributed by atoms with Crippen molar-refractivity contribution in [2.24, 2.45) is 0 Å². The van der Waals surface area contributed by atoms with E-state index in [0.29, 0.717) is 24.2 Å². The number of hydrogen-bond donors (Lipinski definition) is 0. The maximum Gasteiger partial charge on any atom is 0.492 e. The third-order valence-corrected chi connectivity index (χ3v) is 9.31. The minimum absolute atomic E-state index is 0.0123.